The fourth-order valence-electron chi connectivity index (χ4n) is 1.21. The van der Waals surface area contributed by atoms with E-state index in [1.807, 2.05) is 12.1 Å². The van der Waals surface area contributed by atoms with Crippen LogP contribution >= 0.6 is 0 Å². The predicted molar refractivity (Wildman–Crippen MR) is 71.8 cm³/mol. The summed E-state index contributed by atoms with van der Waals surface area (Å²) in [4.78, 5) is 11.4. The number of benzene rings is 1. The first-order valence-electron chi connectivity index (χ1n) is 5.19. The number of anilines is 1. The Morgan fingerprint density at radius 3 is 2.94 bits per heavy atom. The molecule has 1 amide bonds. The van der Waals surface area contributed by atoms with Crippen LogP contribution in [-0.4, -0.2) is 28.7 Å². The number of nitrogens with two attached hydrogens (primary N) is 1. The summed E-state index contributed by atoms with van der Waals surface area (Å²) in [5.74, 6) is 0.274. The van der Waals surface area contributed by atoms with Gasteiger partial charge in [0.2, 0.25) is 5.91 Å². The van der Waals surface area contributed by atoms with Crippen LogP contribution in [0.15, 0.2) is 30.3 Å². The molecular weight excluding hydrogens is 236 g/mol. The number of nitrogens with one attached hydrogen (secondary N) is 1. The normalized spacial score (nSPS) is 12.5. The third-order valence-corrected chi connectivity index (χ3v) is 2.81. The zero-order valence-electron chi connectivity index (χ0n) is 9.68. The molecule has 4 nitrogen and oxygen atoms in total. The SMILES string of the molecule is CS(=O)CCNC(=O)/C=C/c1cccc(N)c1. The van der Waals surface area contributed by atoms with Crippen LogP contribution in [-0.2, 0) is 15.6 Å². The van der Waals surface area contributed by atoms with Crippen LogP contribution in [0.5, 0.6) is 0 Å². The van der Waals surface area contributed by atoms with Crippen molar-refractivity contribution in [2.45, 2.75) is 0 Å². The van der Waals surface area contributed by atoms with Crippen LogP contribution < -0.4 is 11.1 Å². The molecule has 0 aromatic heterocycles. The Kier molecular flexibility index (Phi) is 5.42. The summed E-state index contributed by atoms with van der Waals surface area (Å²) in [6.45, 7) is 0.420. The van der Waals surface area contributed by atoms with E-state index in [9.17, 15) is 9.00 Å². The van der Waals surface area contributed by atoms with Crippen LogP contribution in [0, 0.1) is 0 Å². The van der Waals surface area contributed by atoms with Gasteiger partial charge in [-0.05, 0) is 23.8 Å². The molecule has 1 unspecified atom stereocenters. The molecule has 5 heteroatoms. The molecule has 0 aliphatic rings. The van der Waals surface area contributed by atoms with Crippen molar-refractivity contribution >= 4 is 28.5 Å². The highest BCUT2D eigenvalue weighted by atomic mass is 32.2. The van der Waals surface area contributed by atoms with E-state index in [-0.39, 0.29) is 5.91 Å². The molecule has 0 aliphatic carbocycles. The number of carbonyl (C=O) groups excluding carboxylic acids is 1. The molecule has 1 aromatic carbocycles. The number of hydrogen-bond acceptors (Lipinski definition) is 3. The third-order valence-electron chi connectivity index (χ3n) is 2.03. The summed E-state index contributed by atoms with van der Waals surface area (Å²) in [7, 11) is -0.880. The summed E-state index contributed by atoms with van der Waals surface area (Å²) in [5.41, 5.74) is 7.15. The molecule has 1 atom stereocenters. The molecule has 0 radical (unpaired) electrons. The van der Waals surface area contributed by atoms with Crippen molar-refractivity contribution in [1.82, 2.24) is 5.32 Å². The van der Waals surface area contributed by atoms with Gasteiger partial charge in [0.25, 0.3) is 0 Å². The molecule has 0 saturated carbocycles. The molecule has 0 saturated heterocycles. The summed E-state index contributed by atoms with van der Waals surface area (Å²) < 4.78 is 10.8. The van der Waals surface area contributed by atoms with E-state index in [4.69, 9.17) is 5.73 Å². The zero-order valence-corrected chi connectivity index (χ0v) is 10.5. The molecule has 1 rings (SSSR count). The summed E-state index contributed by atoms with van der Waals surface area (Å²) in [6.07, 6.45) is 4.73. The van der Waals surface area contributed by atoms with Gasteiger partial charge in [0.05, 0.1) is 0 Å². The third kappa shape index (κ3) is 5.87. The number of rotatable bonds is 5. The van der Waals surface area contributed by atoms with Gasteiger partial charge in [-0.2, -0.15) is 0 Å². The van der Waals surface area contributed by atoms with Crippen molar-refractivity contribution in [2.24, 2.45) is 0 Å². The van der Waals surface area contributed by atoms with Crippen LogP contribution in [0.1, 0.15) is 5.56 Å². The first-order chi connectivity index (χ1) is 8.08. The number of hydrogen-bond donors (Lipinski definition) is 2. The number of amides is 1. The van der Waals surface area contributed by atoms with Crippen molar-refractivity contribution in [3.05, 3.63) is 35.9 Å². The minimum atomic E-state index is -0.880. The molecule has 0 aliphatic heterocycles. The minimum Gasteiger partial charge on any atom is -0.399 e. The van der Waals surface area contributed by atoms with Crippen molar-refractivity contribution < 1.29 is 9.00 Å². The second-order valence-electron chi connectivity index (χ2n) is 3.57. The fourth-order valence-corrected chi connectivity index (χ4v) is 1.60. The highest BCUT2D eigenvalue weighted by Crippen LogP contribution is 2.07. The van der Waals surface area contributed by atoms with Crippen LogP contribution in [0.4, 0.5) is 5.69 Å². The largest absolute Gasteiger partial charge is 0.399 e. The maximum atomic E-state index is 11.4. The molecule has 3 N–H and O–H groups in total. The maximum absolute atomic E-state index is 11.4. The molecular formula is C12H16N2O2S. The molecule has 0 fully saturated rings. The van der Waals surface area contributed by atoms with Gasteiger partial charge in [0, 0.05) is 41.1 Å². The Labute approximate surface area is 103 Å². The quantitative estimate of drug-likeness (QED) is 0.601. The Balaban J connectivity index is 2.43. The predicted octanol–water partition coefficient (Wildman–Crippen LogP) is 0.777. The minimum absolute atomic E-state index is 0.196. The van der Waals surface area contributed by atoms with E-state index in [1.165, 1.54) is 6.08 Å². The van der Waals surface area contributed by atoms with Gasteiger partial charge in [-0.1, -0.05) is 12.1 Å². The molecule has 0 bridgehead atoms. The highest BCUT2D eigenvalue weighted by molar-refractivity contribution is 7.84. The standard InChI is InChI=1S/C12H16N2O2S/c1-17(16)8-7-14-12(15)6-5-10-3-2-4-11(13)9-10/h2-6,9H,7-8,13H2,1H3,(H,14,15)/b6-5+. The molecule has 92 valence electrons. The number of carbonyl (C=O) groups is 1. The summed E-state index contributed by atoms with van der Waals surface area (Å²) >= 11 is 0. The van der Waals surface area contributed by atoms with Crippen molar-refractivity contribution in [3.63, 3.8) is 0 Å². The van der Waals surface area contributed by atoms with E-state index in [0.717, 1.165) is 5.56 Å². The first-order valence-corrected chi connectivity index (χ1v) is 6.92. The molecule has 0 heterocycles. The van der Waals surface area contributed by atoms with Crippen LogP contribution in [0.3, 0.4) is 0 Å². The van der Waals surface area contributed by atoms with E-state index >= 15 is 0 Å². The van der Waals surface area contributed by atoms with E-state index in [2.05, 4.69) is 5.32 Å². The second kappa shape index (κ2) is 6.85. The fraction of sp³-hybridized carbons (Fsp3) is 0.250. The van der Waals surface area contributed by atoms with Crippen LogP contribution in [0.2, 0.25) is 0 Å². The van der Waals surface area contributed by atoms with Gasteiger partial charge in [0.15, 0.2) is 0 Å². The second-order valence-corrected chi connectivity index (χ2v) is 5.13. The summed E-state index contributed by atoms with van der Waals surface area (Å²) in [5, 5.41) is 2.65. The molecule has 1 aromatic rings. The van der Waals surface area contributed by atoms with Crippen molar-refractivity contribution in [2.75, 3.05) is 24.3 Å². The smallest absolute Gasteiger partial charge is 0.244 e. The summed E-state index contributed by atoms with van der Waals surface area (Å²) in [6, 6.07) is 7.26. The van der Waals surface area contributed by atoms with Gasteiger partial charge in [-0.15, -0.1) is 0 Å². The monoisotopic (exact) mass is 252 g/mol. The Morgan fingerprint density at radius 1 is 1.53 bits per heavy atom. The topological polar surface area (TPSA) is 72.2 Å². The Bertz CT molecular complexity index is 444. The van der Waals surface area contributed by atoms with Gasteiger partial charge < -0.3 is 11.1 Å². The highest BCUT2D eigenvalue weighted by Gasteiger charge is 1.96. The lowest BCUT2D eigenvalue weighted by Crippen LogP contribution is -2.25. The van der Waals surface area contributed by atoms with Crippen molar-refractivity contribution in [1.29, 1.82) is 0 Å². The lowest BCUT2D eigenvalue weighted by molar-refractivity contribution is -0.116. The van der Waals surface area contributed by atoms with Gasteiger partial charge in [-0.3, -0.25) is 9.00 Å². The van der Waals surface area contributed by atoms with Gasteiger partial charge in [0.1, 0.15) is 0 Å². The average Bonchev–Trinajstić information content (AvgIpc) is 2.26. The zero-order chi connectivity index (χ0) is 12.7. The van der Waals surface area contributed by atoms with E-state index in [1.54, 1.807) is 24.5 Å². The van der Waals surface area contributed by atoms with Gasteiger partial charge >= 0.3 is 0 Å². The lowest BCUT2D eigenvalue weighted by Gasteiger charge is -1.99. The Morgan fingerprint density at radius 2 is 2.29 bits per heavy atom. The first kappa shape index (κ1) is 13.4. The number of nitrogen functional groups attached to an aromatic ring is 1. The molecule has 0 spiro atoms. The Hall–Kier alpha value is -1.62. The average molecular weight is 252 g/mol. The maximum Gasteiger partial charge on any atom is 0.244 e. The van der Waals surface area contributed by atoms with E-state index in [0.29, 0.717) is 18.0 Å². The van der Waals surface area contributed by atoms with Gasteiger partial charge in [-0.25, -0.2) is 0 Å². The van der Waals surface area contributed by atoms with Crippen molar-refractivity contribution in [3.8, 4) is 0 Å². The lowest BCUT2D eigenvalue weighted by atomic mass is 10.2. The van der Waals surface area contributed by atoms with E-state index < -0.39 is 10.8 Å². The molecule has 17 heavy (non-hydrogen) atoms. The van der Waals surface area contributed by atoms with Crippen LogP contribution in [0.25, 0.3) is 6.08 Å².